The van der Waals surface area contributed by atoms with Gasteiger partial charge < -0.3 is 4.79 Å². The number of hydrogen-bond acceptors (Lipinski definition) is 1. The number of aldehydes is 1. The molecular formula is C11H14O. The summed E-state index contributed by atoms with van der Waals surface area (Å²) in [7, 11) is 0. The Morgan fingerprint density at radius 2 is 1.92 bits per heavy atom. The lowest BCUT2D eigenvalue weighted by molar-refractivity contribution is -0.107. The molecule has 0 saturated heterocycles. The number of rotatable bonds is 4. The van der Waals surface area contributed by atoms with Crippen LogP contribution in [0.1, 0.15) is 24.0 Å². The second kappa shape index (κ2) is 4.70. The molecule has 0 unspecified atom stereocenters. The zero-order valence-corrected chi connectivity index (χ0v) is 7.42. The molecule has 1 heteroatoms. The number of carbonyl (C=O) groups is 1. The molecule has 0 heterocycles. The first-order chi connectivity index (χ1) is 5.83. The number of carbonyl (C=O) groups excluding carboxylic acids is 1. The molecule has 0 radical (unpaired) electrons. The van der Waals surface area contributed by atoms with Crippen LogP contribution in [-0.4, -0.2) is 6.29 Å². The summed E-state index contributed by atoms with van der Waals surface area (Å²) in [6, 6.07) is 8.47. The molecule has 1 rings (SSSR count). The van der Waals surface area contributed by atoms with Crippen LogP contribution in [0.5, 0.6) is 0 Å². The summed E-state index contributed by atoms with van der Waals surface area (Å²) in [5.74, 6) is 0. The number of benzene rings is 1. The minimum atomic E-state index is 0.674. The van der Waals surface area contributed by atoms with Crippen LogP contribution in [0.2, 0.25) is 0 Å². The van der Waals surface area contributed by atoms with Gasteiger partial charge in [-0.1, -0.05) is 29.8 Å². The molecule has 1 aromatic carbocycles. The van der Waals surface area contributed by atoms with E-state index >= 15 is 0 Å². The fourth-order valence-electron chi connectivity index (χ4n) is 1.14. The van der Waals surface area contributed by atoms with Crippen molar-refractivity contribution in [2.45, 2.75) is 26.2 Å². The predicted octanol–water partition coefficient (Wildman–Crippen LogP) is 2.52. The van der Waals surface area contributed by atoms with Gasteiger partial charge in [0, 0.05) is 6.42 Å². The normalized spacial score (nSPS) is 9.75. The van der Waals surface area contributed by atoms with Gasteiger partial charge in [0.05, 0.1) is 0 Å². The minimum absolute atomic E-state index is 0.674. The van der Waals surface area contributed by atoms with E-state index < -0.39 is 0 Å². The molecule has 0 bridgehead atoms. The summed E-state index contributed by atoms with van der Waals surface area (Å²) in [4.78, 5) is 10.0. The van der Waals surface area contributed by atoms with Crippen molar-refractivity contribution >= 4 is 6.29 Å². The quantitative estimate of drug-likeness (QED) is 0.491. The molecule has 0 amide bonds. The lowest BCUT2D eigenvalue weighted by Gasteiger charge is -1.98. The highest BCUT2D eigenvalue weighted by molar-refractivity contribution is 5.49. The molecule has 0 aliphatic rings. The Kier molecular flexibility index (Phi) is 3.52. The third-order valence-electron chi connectivity index (χ3n) is 1.91. The molecule has 0 fully saturated rings. The lowest BCUT2D eigenvalue weighted by Crippen LogP contribution is -1.85. The first-order valence-corrected chi connectivity index (χ1v) is 4.32. The molecule has 12 heavy (non-hydrogen) atoms. The molecule has 1 aromatic rings. The van der Waals surface area contributed by atoms with Gasteiger partial charge in [-0.05, 0) is 25.3 Å². The highest BCUT2D eigenvalue weighted by atomic mass is 16.1. The highest BCUT2D eigenvalue weighted by Gasteiger charge is 1.91. The summed E-state index contributed by atoms with van der Waals surface area (Å²) in [6.45, 7) is 2.08. The van der Waals surface area contributed by atoms with E-state index in [0.717, 1.165) is 19.1 Å². The summed E-state index contributed by atoms with van der Waals surface area (Å²) in [6.07, 6.45) is 3.63. The zero-order valence-electron chi connectivity index (χ0n) is 7.42. The van der Waals surface area contributed by atoms with Gasteiger partial charge in [0.2, 0.25) is 0 Å². The highest BCUT2D eigenvalue weighted by Crippen LogP contribution is 2.06. The van der Waals surface area contributed by atoms with Gasteiger partial charge >= 0.3 is 0 Å². The maximum atomic E-state index is 10.0. The van der Waals surface area contributed by atoms with E-state index in [1.807, 2.05) is 0 Å². The summed E-state index contributed by atoms with van der Waals surface area (Å²) >= 11 is 0. The van der Waals surface area contributed by atoms with Crippen LogP contribution in [-0.2, 0) is 11.2 Å². The van der Waals surface area contributed by atoms with Crippen molar-refractivity contribution in [3.05, 3.63) is 35.4 Å². The Morgan fingerprint density at radius 1 is 1.25 bits per heavy atom. The average molecular weight is 162 g/mol. The van der Waals surface area contributed by atoms with Gasteiger partial charge in [0.15, 0.2) is 0 Å². The van der Waals surface area contributed by atoms with E-state index in [9.17, 15) is 4.79 Å². The van der Waals surface area contributed by atoms with Crippen LogP contribution >= 0.6 is 0 Å². The number of hydrogen-bond donors (Lipinski definition) is 0. The summed E-state index contributed by atoms with van der Waals surface area (Å²) in [5.41, 5.74) is 2.61. The summed E-state index contributed by atoms with van der Waals surface area (Å²) < 4.78 is 0. The van der Waals surface area contributed by atoms with Gasteiger partial charge in [-0.2, -0.15) is 0 Å². The monoisotopic (exact) mass is 162 g/mol. The van der Waals surface area contributed by atoms with E-state index in [4.69, 9.17) is 0 Å². The van der Waals surface area contributed by atoms with Crippen molar-refractivity contribution in [1.82, 2.24) is 0 Å². The zero-order chi connectivity index (χ0) is 8.81. The van der Waals surface area contributed by atoms with Gasteiger partial charge in [-0.15, -0.1) is 0 Å². The maximum absolute atomic E-state index is 10.0. The van der Waals surface area contributed by atoms with Crippen molar-refractivity contribution in [3.63, 3.8) is 0 Å². The Morgan fingerprint density at radius 3 is 2.50 bits per heavy atom. The van der Waals surface area contributed by atoms with E-state index in [0.29, 0.717) is 6.42 Å². The van der Waals surface area contributed by atoms with Crippen molar-refractivity contribution in [1.29, 1.82) is 0 Å². The van der Waals surface area contributed by atoms with Crippen molar-refractivity contribution < 1.29 is 4.79 Å². The second-order valence-electron chi connectivity index (χ2n) is 3.04. The first-order valence-electron chi connectivity index (χ1n) is 4.32. The molecular weight excluding hydrogens is 148 g/mol. The van der Waals surface area contributed by atoms with Crippen LogP contribution in [0.4, 0.5) is 0 Å². The Hall–Kier alpha value is -1.11. The molecule has 1 nitrogen and oxygen atoms in total. The van der Waals surface area contributed by atoms with E-state index in [2.05, 4.69) is 31.2 Å². The van der Waals surface area contributed by atoms with Gasteiger partial charge in [0.1, 0.15) is 6.29 Å². The van der Waals surface area contributed by atoms with Crippen LogP contribution in [0, 0.1) is 6.92 Å². The van der Waals surface area contributed by atoms with Crippen LogP contribution in [0.3, 0.4) is 0 Å². The third kappa shape index (κ3) is 2.87. The van der Waals surface area contributed by atoms with Crippen molar-refractivity contribution in [2.75, 3.05) is 0 Å². The van der Waals surface area contributed by atoms with Gasteiger partial charge in [0.25, 0.3) is 0 Å². The third-order valence-corrected chi connectivity index (χ3v) is 1.91. The topological polar surface area (TPSA) is 17.1 Å². The molecule has 0 saturated carbocycles. The minimum Gasteiger partial charge on any atom is -0.303 e. The Balaban J connectivity index is 2.42. The van der Waals surface area contributed by atoms with Crippen LogP contribution in [0.15, 0.2) is 24.3 Å². The molecule has 64 valence electrons. The molecule has 0 aliphatic carbocycles. The largest absolute Gasteiger partial charge is 0.303 e. The van der Waals surface area contributed by atoms with Crippen LogP contribution in [0.25, 0.3) is 0 Å². The van der Waals surface area contributed by atoms with Gasteiger partial charge in [-0.25, -0.2) is 0 Å². The van der Waals surface area contributed by atoms with Crippen LogP contribution < -0.4 is 0 Å². The molecule has 0 aromatic heterocycles. The summed E-state index contributed by atoms with van der Waals surface area (Å²) in [5, 5.41) is 0. The SMILES string of the molecule is Cc1ccc(CCCC=O)cc1. The van der Waals surface area contributed by atoms with Crippen molar-refractivity contribution in [2.24, 2.45) is 0 Å². The smallest absolute Gasteiger partial charge is 0.120 e. The molecule has 0 spiro atoms. The first kappa shape index (κ1) is 8.98. The molecule has 0 atom stereocenters. The number of unbranched alkanes of at least 4 members (excludes halogenated alkanes) is 1. The lowest BCUT2D eigenvalue weighted by atomic mass is 10.1. The second-order valence-corrected chi connectivity index (χ2v) is 3.04. The van der Waals surface area contributed by atoms with E-state index in [1.165, 1.54) is 11.1 Å². The fourth-order valence-corrected chi connectivity index (χ4v) is 1.14. The molecule has 0 aliphatic heterocycles. The Bertz CT molecular complexity index is 236. The van der Waals surface area contributed by atoms with E-state index in [1.54, 1.807) is 0 Å². The fraction of sp³-hybridized carbons (Fsp3) is 0.364. The van der Waals surface area contributed by atoms with E-state index in [-0.39, 0.29) is 0 Å². The Labute approximate surface area is 73.4 Å². The van der Waals surface area contributed by atoms with Gasteiger partial charge in [-0.3, -0.25) is 0 Å². The average Bonchev–Trinajstić information content (AvgIpc) is 2.09. The van der Waals surface area contributed by atoms with Crippen molar-refractivity contribution in [3.8, 4) is 0 Å². The maximum Gasteiger partial charge on any atom is 0.120 e. The molecule has 0 N–H and O–H groups in total. The standard InChI is InChI=1S/C11H14O/c1-10-5-7-11(8-6-10)4-2-3-9-12/h5-9H,2-4H2,1H3. The number of aryl methyl sites for hydroxylation is 2. The predicted molar refractivity (Wildman–Crippen MR) is 50.2 cm³/mol.